The summed E-state index contributed by atoms with van der Waals surface area (Å²) in [5, 5.41) is 0. The molecular weight excluding hydrogens is 236 g/mol. The Kier molecular flexibility index (Phi) is 3.16. The zero-order valence-corrected chi connectivity index (χ0v) is 9.12. The van der Waals surface area contributed by atoms with Gasteiger partial charge in [-0.15, -0.1) is 0 Å². The normalized spacial score (nSPS) is 18.7. The standard InChI is InChI=1S/C11H14F4N2/c12-10(13)11(14,15)6-17-4-3-8(5-17)9(16)7-1-2-7/h3-5,7,9-10H,1-2,6,16H2. The summed E-state index contributed by atoms with van der Waals surface area (Å²) in [7, 11) is 0. The van der Waals surface area contributed by atoms with Crippen LogP contribution in [0.3, 0.4) is 0 Å². The number of aromatic nitrogens is 1. The lowest BCUT2D eigenvalue weighted by atomic mass is 10.1. The number of nitrogens with two attached hydrogens (primary N) is 1. The van der Waals surface area contributed by atoms with Crippen molar-refractivity contribution in [3.63, 3.8) is 0 Å². The third-order valence-electron chi connectivity index (χ3n) is 3.00. The van der Waals surface area contributed by atoms with Crippen molar-refractivity contribution in [2.75, 3.05) is 0 Å². The van der Waals surface area contributed by atoms with Crippen LogP contribution in [0.5, 0.6) is 0 Å². The predicted molar refractivity (Wildman–Crippen MR) is 55.0 cm³/mol. The predicted octanol–water partition coefficient (Wildman–Crippen LogP) is 2.80. The number of rotatable bonds is 5. The second-order valence-electron chi connectivity index (χ2n) is 4.54. The second-order valence-corrected chi connectivity index (χ2v) is 4.54. The van der Waals surface area contributed by atoms with Crippen LogP contribution in [0.4, 0.5) is 17.6 Å². The molecular formula is C11H14F4N2. The van der Waals surface area contributed by atoms with Crippen molar-refractivity contribution in [1.82, 2.24) is 4.57 Å². The van der Waals surface area contributed by atoms with Crippen LogP contribution in [0.25, 0.3) is 0 Å². The van der Waals surface area contributed by atoms with Gasteiger partial charge >= 0.3 is 12.3 Å². The summed E-state index contributed by atoms with van der Waals surface area (Å²) in [5.41, 5.74) is 6.62. The second kappa shape index (κ2) is 4.33. The summed E-state index contributed by atoms with van der Waals surface area (Å²) in [6.45, 7) is -1.01. The Balaban J connectivity index is 2.03. The van der Waals surface area contributed by atoms with Crippen molar-refractivity contribution in [2.24, 2.45) is 11.7 Å². The maximum Gasteiger partial charge on any atom is 0.324 e. The molecule has 0 radical (unpaired) electrons. The van der Waals surface area contributed by atoms with Gasteiger partial charge in [0.25, 0.3) is 0 Å². The number of hydrogen-bond acceptors (Lipinski definition) is 1. The first-order valence-electron chi connectivity index (χ1n) is 5.47. The average molecular weight is 250 g/mol. The van der Waals surface area contributed by atoms with Gasteiger partial charge in [-0.3, -0.25) is 0 Å². The summed E-state index contributed by atoms with van der Waals surface area (Å²) >= 11 is 0. The van der Waals surface area contributed by atoms with Crippen LogP contribution in [0.2, 0.25) is 0 Å². The van der Waals surface area contributed by atoms with E-state index >= 15 is 0 Å². The van der Waals surface area contributed by atoms with Crippen LogP contribution < -0.4 is 5.73 Å². The highest BCUT2D eigenvalue weighted by molar-refractivity contribution is 5.17. The van der Waals surface area contributed by atoms with Crippen molar-refractivity contribution in [2.45, 2.75) is 37.8 Å². The van der Waals surface area contributed by atoms with Gasteiger partial charge in [-0.2, -0.15) is 8.78 Å². The molecule has 96 valence electrons. The molecule has 1 aromatic rings. The fourth-order valence-electron chi connectivity index (χ4n) is 1.79. The van der Waals surface area contributed by atoms with E-state index in [0.29, 0.717) is 5.92 Å². The highest BCUT2D eigenvalue weighted by atomic mass is 19.3. The zero-order chi connectivity index (χ0) is 12.6. The van der Waals surface area contributed by atoms with Crippen molar-refractivity contribution in [1.29, 1.82) is 0 Å². The average Bonchev–Trinajstić information content (AvgIpc) is 2.98. The van der Waals surface area contributed by atoms with E-state index in [-0.39, 0.29) is 6.04 Å². The SMILES string of the molecule is NC(c1ccn(CC(F)(F)C(F)F)c1)C1CC1. The Hall–Kier alpha value is -1.04. The summed E-state index contributed by atoms with van der Waals surface area (Å²) in [5.74, 6) is -3.60. The molecule has 0 aromatic carbocycles. The van der Waals surface area contributed by atoms with Gasteiger partial charge in [0.1, 0.15) is 0 Å². The summed E-state index contributed by atoms with van der Waals surface area (Å²) in [6, 6.07) is 1.45. The van der Waals surface area contributed by atoms with Gasteiger partial charge in [0, 0.05) is 18.4 Å². The first-order valence-corrected chi connectivity index (χ1v) is 5.47. The van der Waals surface area contributed by atoms with E-state index in [9.17, 15) is 17.6 Å². The highest BCUT2D eigenvalue weighted by Gasteiger charge is 2.41. The molecule has 1 aliphatic rings. The van der Waals surface area contributed by atoms with Gasteiger partial charge in [-0.25, -0.2) is 8.78 Å². The molecule has 2 nitrogen and oxygen atoms in total. The molecule has 6 heteroatoms. The lowest BCUT2D eigenvalue weighted by Crippen LogP contribution is -2.31. The van der Waals surface area contributed by atoms with Crippen LogP contribution in [0.15, 0.2) is 18.5 Å². The highest BCUT2D eigenvalue weighted by Crippen LogP contribution is 2.39. The minimum absolute atomic E-state index is 0.170. The molecule has 2 N–H and O–H groups in total. The van der Waals surface area contributed by atoms with E-state index in [1.165, 1.54) is 12.4 Å². The first-order chi connectivity index (χ1) is 7.90. The van der Waals surface area contributed by atoms with Crippen LogP contribution in [0, 0.1) is 5.92 Å². The Labute approximate surface area is 96.4 Å². The van der Waals surface area contributed by atoms with Crippen LogP contribution in [-0.2, 0) is 6.54 Å². The van der Waals surface area contributed by atoms with Gasteiger partial charge < -0.3 is 10.3 Å². The lowest BCUT2D eigenvalue weighted by Gasteiger charge is -2.15. The van der Waals surface area contributed by atoms with E-state index in [1.54, 1.807) is 6.07 Å². The quantitative estimate of drug-likeness (QED) is 0.800. The zero-order valence-electron chi connectivity index (χ0n) is 9.12. The third-order valence-corrected chi connectivity index (χ3v) is 3.00. The molecule has 0 saturated heterocycles. The van der Waals surface area contributed by atoms with Crippen molar-refractivity contribution in [3.8, 4) is 0 Å². The molecule has 1 heterocycles. The number of nitrogens with zero attached hydrogens (tertiary/aromatic N) is 1. The number of halogens is 4. The van der Waals surface area contributed by atoms with Gasteiger partial charge in [0.15, 0.2) is 0 Å². The maximum atomic E-state index is 12.8. The van der Waals surface area contributed by atoms with E-state index in [4.69, 9.17) is 5.73 Å². The molecule has 1 aromatic heterocycles. The molecule has 0 spiro atoms. The molecule has 1 unspecified atom stereocenters. The van der Waals surface area contributed by atoms with Crippen molar-refractivity contribution < 1.29 is 17.6 Å². The molecule has 1 atom stereocenters. The first kappa shape index (κ1) is 12.4. The summed E-state index contributed by atoms with van der Waals surface area (Å²) in [6.07, 6.45) is 1.23. The largest absolute Gasteiger partial charge is 0.348 e. The Morgan fingerprint density at radius 2 is 2.06 bits per heavy atom. The van der Waals surface area contributed by atoms with E-state index in [0.717, 1.165) is 23.0 Å². The monoisotopic (exact) mass is 250 g/mol. The minimum Gasteiger partial charge on any atom is -0.348 e. The van der Waals surface area contributed by atoms with Gasteiger partial charge in [-0.1, -0.05) is 0 Å². The Morgan fingerprint density at radius 3 is 2.59 bits per heavy atom. The maximum absolute atomic E-state index is 12.8. The number of hydrogen-bond donors (Lipinski definition) is 1. The Bertz CT molecular complexity index is 385. The molecule has 1 aliphatic carbocycles. The molecule has 2 rings (SSSR count). The smallest absolute Gasteiger partial charge is 0.324 e. The third kappa shape index (κ3) is 2.80. The van der Waals surface area contributed by atoms with Crippen LogP contribution in [-0.4, -0.2) is 16.9 Å². The minimum atomic E-state index is -4.00. The van der Waals surface area contributed by atoms with Crippen LogP contribution >= 0.6 is 0 Å². The number of alkyl halides is 4. The molecule has 0 amide bonds. The van der Waals surface area contributed by atoms with E-state index in [1.807, 2.05) is 0 Å². The molecule has 1 fully saturated rings. The van der Waals surface area contributed by atoms with Crippen molar-refractivity contribution in [3.05, 3.63) is 24.0 Å². The van der Waals surface area contributed by atoms with Crippen LogP contribution in [0.1, 0.15) is 24.4 Å². The molecule has 0 aliphatic heterocycles. The summed E-state index contributed by atoms with van der Waals surface area (Å²) in [4.78, 5) is 0. The lowest BCUT2D eigenvalue weighted by molar-refractivity contribution is -0.137. The molecule has 0 bridgehead atoms. The molecule has 1 saturated carbocycles. The van der Waals surface area contributed by atoms with Crippen molar-refractivity contribution >= 4 is 0 Å². The van der Waals surface area contributed by atoms with Gasteiger partial charge in [0.05, 0.1) is 6.54 Å². The topological polar surface area (TPSA) is 30.9 Å². The molecule has 17 heavy (non-hydrogen) atoms. The summed E-state index contributed by atoms with van der Waals surface area (Å²) < 4.78 is 50.7. The fourth-order valence-corrected chi connectivity index (χ4v) is 1.79. The van der Waals surface area contributed by atoms with Gasteiger partial charge in [0.2, 0.25) is 0 Å². The fraction of sp³-hybridized carbons (Fsp3) is 0.636. The van der Waals surface area contributed by atoms with E-state index < -0.39 is 18.9 Å². The van der Waals surface area contributed by atoms with Gasteiger partial charge in [-0.05, 0) is 30.4 Å². The Morgan fingerprint density at radius 1 is 1.41 bits per heavy atom. The van der Waals surface area contributed by atoms with E-state index in [2.05, 4.69) is 0 Å².